The third-order valence-corrected chi connectivity index (χ3v) is 1.22. The SMILES string of the molecule is CCN1C(=O)C=CC1=O.O=CO. The average molecular weight is 171 g/mol. The van der Waals surface area contributed by atoms with Gasteiger partial charge in [-0.15, -0.1) is 0 Å². The molecule has 0 atom stereocenters. The Hall–Kier alpha value is -1.65. The van der Waals surface area contributed by atoms with Crippen molar-refractivity contribution in [3.8, 4) is 0 Å². The number of carbonyl (C=O) groups is 3. The lowest BCUT2D eigenvalue weighted by Crippen LogP contribution is -2.29. The van der Waals surface area contributed by atoms with Gasteiger partial charge < -0.3 is 5.11 Å². The molecule has 0 aromatic carbocycles. The van der Waals surface area contributed by atoms with Gasteiger partial charge in [0, 0.05) is 18.7 Å². The molecule has 0 fully saturated rings. The van der Waals surface area contributed by atoms with E-state index in [0.29, 0.717) is 6.54 Å². The maximum Gasteiger partial charge on any atom is 0.290 e. The van der Waals surface area contributed by atoms with Gasteiger partial charge in [0.25, 0.3) is 18.3 Å². The number of hydrogen-bond acceptors (Lipinski definition) is 3. The first kappa shape index (κ1) is 10.3. The van der Waals surface area contributed by atoms with Gasteiger partial charge in [0.1, 0.15) is 0 Å². The Morgan fingerprint density at radius 3 is 1.92 bits per heavy atom. The Balaban J connectivity index is 0.000000354. The number of carboxylic acid groups (broad SMARTS) is 1. The van der Waals surface area contributed by atoms with E-state index in [1.807, 2.05) is 0 Å². The van der Waals surface area contributed by atoms with Gasteiger partial charge in [0.05, 0.1) is 0 Å². The summed E-state index contributed by atoms with van der Waals surface area (Å²) >= 11 is 0. The van der Waals surface area contributed by atoms with Gasteiger partial charge in [-0.25, -0.2) is 0 Å². The van der Waals surface area contributed by atoms with Crippen molar-refractivity contribution in [1.82, 2.24) is 4.90 Å². The molecule has 1 aliphatic heterocycles. The fourth-order valence-corrected chi connectivity index (χ4v) is 0.743. The van der Waals surface area contributed by atoms with E-state index in [4.69, 9.17) is 9.90 Å². The van der Waals surface area contributed by atoms with Crippen LogP contribution in [-0.4, -0.2) is 34.8 Å². The first-order valence-electron chi connectivity index (χ1n) is 3.28. The molecule has 0 bridgehead atoms. The normalized spacial score (nSPS) is 14.2. The van der Waals surface area contributed by atoms with Gasteiger partial charge >= 0.3 is 0 Å². The fraction of sp³-hybridized carbons (Fsp3) is 0.286. The van der Waals surface area contributed by atoms with Crippen LogP contribution in [0.1, 0.15) is 6.92 Å². The monoisotopic (exact) mass is 171 g/mol. The average Bonchev–Trinajstić information content (AvgIpc) is 2.33. The predicted octanol–water partition coefficient (Wildman–Crippen LogP) is -0.368. The molecule has 5 heteroatoms. The Bertz CT molecular complexity index is 203. The molecule has 1 heterocycles. The number of rotatable bonds is 1. The van der Waals surface area contributed by atoms with Crippen molar-refractivity contribution >= 4 is 18.3 Å². The maximum absolute atomic E-state index is 10.6. The Morgan fingerprint density at radius 2 is 1.75 bits per heavy atom. The summed E-state index contributed by atoms with van der Waals surface area (Å²) in [6.07, 6.45) is 2.57. The zero-order chi connectivity index (χ0) is 9.56. The second-order valence-electron chi connectivity index (χ2n) is 1.86. The van der Waals surface area contributed by atoms with Crippen molar-refractivity contribution in [3.05, 3.63) is 12.2 Å². The van der Waals surface area contributed by atoms with Crippen LogP contribution in [0.5, 0.6) is 0 Å². The quantitative estimate of drug-likeness (QED) is 0.431. The van der Waals surface area contributed by atoms with Crippen LogP contribution >= 0.6 is 0 Å². The molecule has 0 aliphatic carbocycles. The zero-order valence-corrected chi connectivity index (χ0v) is 6.56. The summed E-state index contributed by atoms with van der Waals surface area (Å²) in [4.78, 5) is 30.8. The molecule has 1 rings (SSSR count). The molecular formula is C7H9NO4. The lowest BCUT2D eigenvalue weighted by Gasteiger charge is -2.08. The summed E-state index contributed by atoms with van der Waals surface area (Å²) in [7, 11) is 0. The second-order valence-corrected chi connectivity index (χ2v) is 1.86. The fourth-order valence-electron chi connectivity index (χ4n) is 0.743. The molecule has 0 aromatic rings. The first-order valence-corrected chi connectivity index (χ1v) is 3.28. The molecule has 0 radical (unpaired) electrons. The summed E-state index contributed by atoms with van der Waals surface area (Å²) in [6.45, 7) is 1.98. The van der Waals surface area contributed by atoms with Crippen LogP contribution in [0, 0.1) is 0 Å². The maximum atomic E-state index is 10.6. The first-order chi connectivity index (χ1) is 5.67. The zero-order valence-electron chi connectivity index (χ0n) is 6.56. The summed E-state index contributed by atoms with van der Waals surface area (Å²) < 4.78 is 0. The third-order valence-electron chi connectivity index (χ3n) is 1.22. The molecule has 1 aliphatic rings. The highest BCUT2D eigenvalue weighted by atomic mass is 16.3. The standard InChI is InChI=1S/C6H7NO2.CH2O2/c1-2-7-5(8)3-4-6(7)9;2-1-3/h3-4H,2H2,1H3;1H,(H,2,3). The van der Waals surface area contributed by atoms with E-state index in [1.54, 1.807) is 6.92 Å². The van der Waals surface area contributed by atoms with Crippen molar-refractivity contribution in [1.29, 1.82) is 0 Å². The highest BCUT2D eigenvalue weighted by Crippen LogP contribution is 2.00. The second kappa shape index (κ2) is 5.06. The molecule has 2 amide bonds. The van der Waals surface area contributed by atoms with Gasteiger partial charge in [-0.05, 0) is 6.92 Å². The summed E-state index contributed by atoms with van der Waals surface area (Å²) in [5, 5.41) is 6.89. The molecule has 1 N–H and O–H groups in total. The van der Waals surface area contributed by atoms with Crippen LogP contribution < -0.4 is 0 Å². The third kappa shape index (κ3) is 2.53. The van der Waals surface area contributed by atoms with E-state index in [1.165, 1.54) is 17.1 Å². The molecule has 12 heavy (non-hydrogen) atoms. The number of nitrogens with zero attached hydrogens (tertiary/aromatic N) is 1. The smallest absolute Gasteiger partial charge is 0.290 e. The van der Waals surface area contributed by atoms with Gasteiger partial charge in [-0.3, -0.25) is 19.3 Å². The van der Waals surface area contributed by atoms with E-state index in [2.05, 4.69) is 0 Å². The molecule has 5 nitrogen and oxygen atoms in total. The van der Waals surface area contributed by atoms with Crippen LogP contribution in [0.25, 0.3) is 0 Å². The van der Waals surface area contributed by atoms with Crippen LogP contribution in [0.2, 0.25) is 0 Å². The molecule has 0 aromatic heterocycles. The number of amides is 2. The minimum absolute atomic E-state index is 0.206. The Labute approximate surface area is 69.3 Å². The van der Waals surface area contributed by atoms with E-state index in [9.17, 15) is 9.59 Å². The van der Waals surface area contributed by atoms with E-state index in [-0.39, 0.29) is 18.3 Å². The molecule has 0 saturated heterocycles. The lowest BCUT2D eigenvalue weighted by molar-refractivity contribution is -0.136. The Morgan fingerprint density at radius 1 is 1.42 bits per heavy atom. The molecule has 0 saturated carbocycles. The number of hydrogen-bond donors (Lipinski definition) is 1. The lowest BCUT2D eigenvalue weighted by atomic mass is 10.5. The minimum atomic E-state index is -0.250. The van der Waals surface area contributed by atoms with Gasteiger partial charge in [0.2, 0.25) is 0 Å². The van der Waals surface area contributed by atoms with Crippen molar-refractivity contribution in [3.63, 3.8) is 0 Å². The molecule has 0 spiro atoms. The van der Waals surface area contributed by atoms with Crippen LogP contribution in [0.15, 0.2) is 12.2 Å². The van der Waals surface area contributed by atoms with Gasteiger partial charge in [0.15, 0.2) is 0 Å². The Kier molecular flexibility index (Phi) is 4.36. The molecule has 66 valence electrons. The van der Waals surface area contributed by atoms with Crippen molar-refractivity contribution in [2.75, 3.05) is 6.54 Å². The molecule has 0 unspecified atom stereocenters. The topological polar surface area (TPSA) is 74.7 Å². The summed E-state index contributed by atoms with van der Waals surface area (Å²) in [6, 6.07) is 0. The van der Waals surface area contributed by atoms with Gasteiger partial charge in [-0.1, -0.05) is 0 Å². The van der Waals surface area contributed by atoms with Crippen LogP contribution in [0.3, 0.4) is 0 Å². The highest BCUT2D eigenvalue weighted by Gasteiger charge is 2.20. The minimum Gasteiger partial charge on any atom is -0.483 e. The van der Waals surface area contributed by atoms with E-state index in [0.717, 1.165) is 0 Å². The molecular weight excluding hydrogens is 162 g/mol. The van der Waals surface area contributed by atoms with Crippen LogP contribution in [0.4, 0.5) is 0 Å². The van der Waals surface area contributed by atoms with Crippen molar-refractivity contribution in [2.45, 2.75) is 6.92 Å². The van der Waals surface area contributed by atoms with Gasteiger partial charge in [-0.2, -0.15) is 0 Å². The van der Waals surface area contributed by atoms with Crippen molar-refractivity contribution < 1.29 is 19.5 Å². The van der Waals surface area contributed by atoms with Crippen LogP contribution in [-0.2, 0) is 14.4 Å². The van der Waals surface area contributed by atoms with E-state index >= 15 is 0 Å². The van der Waals surface area contributed by atoms with E-state index < -0.39 is 0 Å². The van der Waals surface area contributed by atoms with Crippen molar-refractivity contribution in [2.24, 2.45) is 0 Å². The number of likely N-dealkylation sites (N-methyl/N-ethyl adjacent to an activating group) is 1. The number of carbonyl (C=O) groups excluding carboxylic acids is 2. The predicted molar refractivity (Wildman–Crippen MR) is 40.2 cm³/mol. The largest absolute Gasteiger partial charge is 0.483 e. The summed E-state index contributed by atoms with van der Waals surface area (Å²) in [5.41, 5.74) is 0. The summed E-state index contributed by atoms with van der Waals surface area (Å²) in [5.74, 6) is -0.412. The highest BCUT2D eigenvalue weighted by molar-refractivity contribution is 6.12. The number of imide groups is 1.